The molecule has 0 aromatic heterocycles. The van der Waals surface area contributed by atoms with Crippen molar-refractivity contribution in [2.75, 3.05) is 19.1 Å². The number of nitrogens with zero attached hydrogens (tertiary/aromatic N) is 1. The Morgan fingerprint density at radius 2 is 1.17 bits per heavy atom. The molecule has 0 bridgehead atoms. The van der Waals surface area contributed by atoms with Gasteiger partial charge < -0.3 is 14.4 Å². The molecule has 3 aromatic carbocycles. The molecule has 29 heavy (non-hydrogen) atoms. The van der Waals surface area contributed by atoms with E-state index in [1.54, 1.807) is 14.2 Å². The summed E-state index contributed by atoms with van der Waals surface area (Å²) in [6.45, 7) is 6.41. The highest BCUT2D eigenvalue weighted by molar-refractivity contribution is 5.84. The van der Waals surface area contributed by atoms with E-state index >= 15 is 0 Å². The molecule has 0 aliphatic carbocycles. The maximum absolute atomic E-state index is 5.86. The van der Waals surface area contributed by atoms with Crippen LogP contribution in [0.2, 0.25) is 0 Å². The molecule has 0 radical (unpaired) electrons. The molecule has 0 saturated heterocycles. The third-order valence-corrected chi connectivity index (χ3v) is 5.17. The van der Waals surface area contributed by atoms with Crippen LogP contribution in [0, 0.1) is 13.8 Å². The van der Waals surface area contributed by atoms with Crippen LogP contribution >= 0.6 is 0 Å². The predicted molar refractivity (Wildman–Crippen MR) is 122 cm³/mol. The first-order valence-electron chi connectivity index (χ1n) is 10.3. The first-order chi connectivity index (χ1) is 14.1. The highest BCUT2D eigenvalue weighted by Gasteiger charge is 2.22. The van der Waals surface area contributed by atoms with Crippen LogP contribution in [0.15, 0.2) is 60.7 Å². The number of anilines is 3. The fourth-order valence-electron chi connectivity index (χ4n) is 3.49. The Kier molecular flexibility index (Phi) is 6.82. The van der Waals surface area contributed by atoms with Crippen molar-refractivity contribution in [1.29, 1.82) is 0 Å². The third kappa shape index (κ3) is 4.73. The molecule has 0 saturated carbocycles. The van der Waals surface area contributed by atoms with Gasteiger partial charge in [0.1, 0.15) is 17.2 Å². The zero-order chi connectivity index (χ0) is 20.8. The Hall–Kier alpha value is -2.94. The molecule has 0 aliphatic rings. The number of ether oxygens (including phenoxy) is 2. The fraction of sp³-hybridized carbons (Fsp3) is 0.308. The number of hydrogen-bond acceptors (Lipinski definition) is 3. The Balaban J connectivity index is 2.21. The van der Waals surface area contributed by atoms with Gasteiger partial charge in [0.15, 0.2) is 0 Å². The molecule has 0 N–H and O–H groups in total. The second-order valence-electron chi connectivity index (χ2n) is 7.46. The topological polar surface area (TPSA) is 21.7 Å². The van der Waals surface area contributed by atoms with Gasteiger partial charge in [-0.15, -0.1) is 0 Å². The maximum atomic E-state index is 5.86. The quantitative estimate of drug-likeness (QED) is 0.409. The van der Waals surface area contributed by atoms with E-state index in [0.29, 0.717) is 0 Å². The normalized spacial score (nSPS) is 10.7. The number of rotatable bonds is 8. The van der Waals surface area contributed by atoms with Crippen molar-refractivity contribution < 1.29 is 9.47 Å². The van der Waals surface area contributed by atoms with Gasteiger partial charge in [0, 0.05) is 11.4 Å². The summed E-state index contributed by atoms with van der Waals surface area (Å²) in [6, 6.07) is 21.4. The van der Waals surface area contributed by atoms with Crippen LogP contribution in [0.25, 0.3) is 0 Å². The molecule has 0 fully saturated rings. The lowest BCUT2D eigenvalue weighted by Crippen LogP contribution is -2.13. The predicted octanol–water partition coefficient (Wildman–Crippen LogP) is 7.13. The van der Waals surface area contributed by atoms with Gasteiger partial charge in [0.25, 0.3) is 0 Å². The van der Waals surface area contributed by atoms with E-state index in [1.807, 2.05) is 0 Å². The van der Waals surface area contributed by atoms with E-state index in [1.165, 1.54) is 16.7 Å². The van der Waals surface area contributed by atoms with Gasteiger partial charge in [-0.2, -0.15) is 0 Å². The van der Waals surface area contributed by atoms with Gasteiger partial charge in [-0.1, -0.05) is 48.7 Å². The van der Waals surface area contributed by atoms with Gasteiger partial charge in [-0.25, -0.2) is 0 Å². The van der Waals surface area contributed by atoms with E-state index in [2.05, 4.69) is 86.3 Å². The summed E-state index contributed by atoms with van der Waals surface area (Å²) < 4.78 is 11.7. The average molecular weight is 390 g/mol. The lowest BCUT2D eigenvalue weighted by atomic mass is 10.0. The van der Waals surface area contributed by atoms with Crippen LogP contribution in [0.5, 0.6) is 11.5 Å². The molecule has 152 valence electrons. The van der Waals surface area contributed by atoms with Crippen LogP contribution in [-0.4, -0.2) is 14.2 Å². The zero-order valence-corrected chi connectivity index (χ0v) is 18.2. The summed E-state index contributed by atoms with van der Waals surface area (Å²) in [7, 11) is 3.45. The fourth-order valence-corrected chi connectivity index (χ4v) is 3.49. The summed E-state index contributed by atoms with van der Waals surface area (Å²) in [6.07, 6.45) is 3.31. The first kappa shape index (κ1) is 20.8. The van der Waals surface area contributed by atoms with Gasteiger partial charge in [0.05, 0.1) is 14.2 Å². The van der Waals surface area contributed by atoms with Crippen LogP contribution in [0.3, 0.4) is 0 Å². The first-order valence-corrected chi connectivity index (χ1v) is 10.3. The summed E-state index contributed by atoms with van der Waals surface area (Å²) in [5.41, 5.74) is 6.74. The third-order valence-electron chi connectivity index (χ3n) is 5.17. The van der Waals surface area contributed by atoms with E-state index < -0.39 is 0 Å². The van der Waals surface area contributed by atoms with E-state index in [4.69, 9.17) is 9.47 Å². The number of methoxy groups -OCH3 is 2. The van der Waals surface area contributed by atoms with Crippen molar-refractivity contribution in [2.45, 2.75) is 40.0 Å². The van der Waals surface area contributed by atoms with Gasteiger partial charge in [0.2, 0.25) is 0 Å². The van der Waals surface area contributed by atoms with Crippen molar-refractivity contribution in [3.8, 4) is 11.5 Å². The van der Waals surface area contributed by atoms with Crippen molar-refractivity contribution >= 4 is 17.1 Å². The number of unbranched alkanes of at least 4 members (excludes halogenated alkanes) is 1. The van der Waals surface area contributed by atoms with E-state index in [-0.39, 0.29) is 0 Å². The molecule has 0 atom stereocenters. The van der Waals surface area contributed by atoms with Crippen LogP contribution in [-0.2, 0) is 6.42 Å². The number of hydrogen-bond donors (Lipinski definition) is 0. The van der Waals surface area contributed by atoms with Gasteiger partial charge in [-0.05, 0) is 68.7 Å². The molecule has 0 unspecified atom stereocenters. The summed E-state index contributed by atoms with van der Waals surface area (Å²) in [4.78, 5) is 2.21. The molecule has 3 nitrogen and oxygen atoms in total. The Labute approximate surface area is 174 Å². The van der Waals surface area contributed by atoms with Crippen molar-refractivity contribution in [3.63, 3.8) is 0 Å². The average Bonchev–Trinajstić information content (AvgIpc) is 2.75. The molecule has 0 spiro atoms. The highest BCUT2D eigenvalue weighted by atomic mass is 16.5. The molecular weight excluding hydrogens is 358 g/mol. The molecule has 3 rings (SSSR count). The molecule has 0 heterocycles. The lowest BCUT2D eigenvalue weighted by molar-refractivity contribution is 0.395. The van der Waals surface area contributed by atoms with Crippen LogP contribution < -0.4 is 14.4 Å². The van der Waals surface area contributed by atoms with Crippen LogP contribution in [0.4, 0.5) is 17.1 Å². The minimum Gasteiger partial charge on any atom is -0.494 e. The largest absolute Gasteiger partial charge is 0.494 e. The molecule has 3 aromatic rings. The van der Waals surface area contributed by atoms with Gasteiger partial charge in [-0.3, -0.25) is 0 Å². The lowest BCUT2D eigenvalue weighted by Gasteiger charge is -2.29. The van der Waals surface area contributed by atoms with Crippen molar-refractivity contribution in [1.82, 2.24) is 0 Å². The highest BCUT2D eigenvalue weighted by Crippen LogP contribution is 2.46. The number of benzene rings is 3. The monoisotopic (exact) mass is 389 g/mol. The van der Waals surface area contributed by atoms with Crippen molar-refractivity contribution in [2.24, 2.45) is 0 Å². The van der Waals surface area contributed by atoms with E-state index in [0.717, 1.165) is 47.8 Å². The minimum atomic E-state index is 0.816. The van der Waals surface area contributed by atoms with Gasteiger partial charge >= 0.3 is 0 Å². The maximum Gasteiger partial charge on any atom is 0.146 e. The zero-order valence-electron chi connectivity index (χ0n) is 18.2. The molecule has 0 aliphatic heterocycles. The standard InChI is InChI=1S/C26H31NO2/c1-6-7-8-21-17-24(28-4)26(25(18-21)29-5)27(22-13-9-19(2)10-14-22)23-15-11-20(3)12-16-23/h9-18H,6-8H2,1-5H3. The number of aryl methyl sites for hydroxylation is 3. The SMILES string of the molecule is CCCCc1cc(OC)c(N(c2ccc(C)cc2)c2ccc(C)cc2)c(OC)c1. The second-order valence-corrected chi connectivity index (χ2v) is 7.46. The second kappa shape index (κ2) is 9.51. The van der Waals surface area contributed by atoms with Crippen LogP contribution in [0.1, 0.15) is 36.5 Å². The van der Waals surface area contributed by atoms with E-state index in [9.17, 15) is 0 Å². The Bertz CT molecular complexity index is 859. The summed E-state index contributed by atoms with van der Waals surface area (Å²) >= 11 is 0. The molecule has 3 heteroatoms. The smallest absolute Gasteiger partial charge is 0.146 e. The molecule has 0 amide bonds. The Morgan fingerprint density at radius 3 is 1.55 bits per heavy atom. The minimum absolute atomic E-state index is 0.816. The van der Waals surface area contributed by atoms with Crippen molar-refractivity contribution in [3.05, 3.63) is 77.4 Å². The summed E-state index contributed by atoms with van der Waals surface area (Å²) in [5.74, 6) is 1.63. The summed E-state index contributed by atoms with van der Waals surface area (Å²) in [5, 5.41) is 0. The Morgan fingerprint density at radius 1 is 0.724 bits per heavy atom. The molecular formula is C26H31NO2.